The van der Waals surface area contributed by atoms with Crippen LogP contribution in [0.2, 0.25) is 0 Å². The number of aliphatic hydroxyl groups excluding tert-OH is 1. The summed E-state index contributed by atoms with van der Waals surface area (Å²) in [6.07, 6.45) is 11.1. The van der Waals surface area contributed by atoms with E-state index in [0.717, 1.165) is 31.6 Å². The fourth-order valence-corrected chi connectivity index (χ4v) is 5.41. The number of aryl methyl sites for hydroxylation is 1. The molecule has 1 fully saturated rings. The van der Waals surface area contributed by atoms with Gasteiger partial charge in [0.25, 0.3) is 0 Å². The topological polar surface area (TPSA) is 29.5 Å². The second-order valence-electron chi connectivity index (χ2n) is 8.27. The first-order chi connectivity index (χ1) is 11.6. The molecule has 0 aromatic heterocycles. The van der Waals surface area contributed by atoms with Gasteiger partial charge in [-0.25, -0.2) is 0 Å². The summed E-state index contributed by atoms with van der Waals surface area (Å²) in [4.78, 5) is 0. The summed E-state index contributed by atoms with van der Waals surface area (Å²) in [5, 5.41) is 10.4. The summed E-state index contributed by atoms with van der Waals surface area (Å²) in [6, 6.07) is 6.78. The van der Waals surface area contributed by atoms with Gasteiger partial charge in [0.1, 0.15) is 5.75 Å². The Labute approximate surface area is 145 Å². The lowest BCUT2D eigenvalue weighted by atomic mass is 9.55. The van der Waals surface area contributed by atoms with Crippen LogP contribution in [0, 0.1) is 17.3 Å². The predicted octanol–water partition coefficient (Wildman–Crippen LogP) is 4.86. The molecule has 1 aromatic rings. The van der Waals surface area contributed by atoms with Crippen LogP contribution in [0.15, 0.2) is 30.4 Å². The highest BCUT2D eigenvalue weighted by molar-refractivity contribution is 5.41. The molecule has 1 saturated carbocycles. The summed E-state index contributed by atoms with van der Waals surface area (Å²) in [5.41, 5.74) is 3.12. The Balaban J connectivity index is 1.56. The maximum absolute atomic E-state index is 10.4. The van der Waals surface area contributed by atoms with Gasteiger partial charge < -0.3 is 9.84 Å². The Bertz CT molecular complexity index is 635. The van der Waals surface area contributed by atoms with Crippen molar-refractivity contribution in [1.82, 2.24) is 0 Å². The van der Waals surface area contributed by atoms with E-state index in [-0.39, 0.29) is 11.5 Å². The minimum Gasteiger partial charge on any atom is -0.494 e. The highest BCUT2D eigenvalue weighted by Gasteiger charge is 2.52. The molecule has 0 heterocycles. The molecule has 0 bridgehead atoms. The van der Waals surface area contributed by atoms with E-state index >= 15 is 0 Å². The number of hydrogen-bond acceptors (Lipinski definition) is 2. The fourth-order valence-electron chi connectivity index (χ4n) is 5.41. The minimum atomic E-state index is -0.251. The van der Waals surface area contributed by atoms with Crippen LogP contribution in [-0.2, 0) is 6.42 Å². The third-order valence-corrected chi connectivity index (χ3v) is 6.94. The summed E-state index contributed by atoms with van der Waals surface area (Å²) in [7, 11) is 0. The van der Waals surface area contributed by atoms with E-state index < -0.39 is 0 Å². The first kappa shape index (κ1) is 16.2. The van der Waals surface area contributed by atoms with E-state index in [9.17, 15) is 5.11 Å². The minimum absolute atomic E-state index is 0.0713. The van der Waals surface area contributed by atoms with Gasteiger partial charge in [-0.1, -0.05) is 38.5 Å². The van der Waals surface area contributed by atoms with Crippen molar-refractivity contribution in [2.24, 2.45) is 17.3 Å². The molecule has 2 nitrogen and oxygen atoms in total. The number of allylic oxidation sites excluding steroid dienone is 1. The van der Waals surface area contributed by atoms with E-state index in [4.69, 9.17) is 4.74 Å². The molecule has 5 atom stereocenters. The molecular weight excluding hydrogens is 296 g/mol. The van der Waals surface area contributed by atoms with Crippen molar-refractivity contribution in [3.05, 3.63) is 41.5 Å². The van der Waals surface area contributed by atoms with Crippen LogP contribution in [0.3, 0.4) is 0 Å². The van der Waals surface area contributed by atoms with Crippen molar-refractivity contribution in [2.45, 2.75) is 64.4 Å². The number of hydrogen-bond donors (Lipinski definition) is 1. The Kier molecular flexibility index (Phi) is 4.20. The monoisotopic (exact) mass is 326 g/mol. The molecule has 2 unspecified atom stereocenters. The van der Waals surface area contributed by atoms with Gasteiger partial charge in [0.15, 0.2) is 0 Å². The SMILES string of the molecule is CCCCOc1ccc2c(c1)CCC1C2CC[C@]2(C)[C@@H](O)C=C[C@@H]12. The second kappa shape index (κ2) is 6.22. The van der Waals surface area contributed by atoms with Gasteiger partial charge in [-0.3, -0.25) is 0 Å². The van der Waals surface area contributed by atoms with Crippen molar-refractivity contribution in [3.63, 3.8) is 0 Å². The largest absolute Gasteiger partial charge is 0.494 e. The summed E-state index contributed by atoms with van der Waals surface area (Å²) in [5.74, 6) is 2.93. The molecule has 0 spiro atoms. The first-order valence-corrected chi connectivity index (χ1v) is 9.75. The van der Waals surface area contributed by atoms with Gasteiger partial charge in [0.2, 0.25) is 0 Å². The highest BCUT2D eigenvalue weighted by atomic mass is 16.5. The van der Waals surface area contributed by atoms with Crippen molar-refractivity contribution >= 4 is 0 Å². The Hall–Kier alpha value is -1.28. The second-order valence-corrected chi connectivity index (χ2v) is 8.27. The summed E-state index contributed by atoms with van der Waals surface area (Å²) in [6.45, 7) is 5.31. The number of fused-ring (bicyclic) bond motifs is 5. The maximum Gasteiger partial charge on any atom is 0.119 e. The summed E-state index contributed by atoms with van der Waals surface area (Å²) >= 11 is 0. The zero-order valence-electron chi connectivity index (χ0n) is 15.0. The Morgan fingerprint density at radius 1 is 1.25 bits per heavy atom. The van der Waals surface area contributed by atoms with Crippen LogP contribution in [-0.4, -0.2) is 17.8 Å². The summed E-state index contributed by atoms with van der Waals surface area (Å²) < 4.78 is 5.90. The van der Waals surface area contributed by atoms with E-state index in [1.807, 2.05) is 6.08 Å². The van der Waals surface area contributed by atoms with E-state index in [0.29, 0.717) is 17.8 Å². The molecule has 0 saturated heterocycles. The molecule has 1 N–H and O–H groups in total. The molecule has 4 rings (SSSR count). The molecule has 0 aliphatic heterocycles. The lowest BCUT2D eigenvalue weighted by Crippen LogP contribution is -2.44. The van der Waals surface area contributed by atoms with Crippen molar-refractivity contribution in [3.8, 4) is 5.75 Å². The lowest BCUT2D eigenvalue weighted by molar-refractivity contribution is -0.0101. The number of aliphatic hydroxyl groups is 1. The average Bonchev–Trinajstić information content (AvgIpc) is 2.90. The zero-order chi connectivity index (χ0) is 16.7. The highest BCUT2D eigenvalue weighted by Crippen LogP contribution is 2.58. The molecule has 1 aromatic carbocycles. The standard InChI is InChI=1S/C22H30O2/c1-3-4-13-24-16-6-8-17-15(14-16)5-7-19-18(17)11-12-22(2)20(19)9-10-21(22)23/h6,8-10,14,18-21,23H,3-5,7,11-13H2,1-2H3/t18?,19?,20-,21-,22-/m0/s1. The molecule has 0 radical (unpaired) electrons. The molecule has 3 aliphatic rings. The fraction of sp³-hybridized carbons (Fsp3) is 0.636. The Morgan fingerprint density at radius 3 is 2.96 bits per heavy atom. The molecule has 3 aliphatic carbocycles. The molecule has 0 amide bonds. The predicted molar refractivity (Wildman–Crippen MR) is 97.4 cm³/mol. The number of benzene rings is 1. The van der Waals surface area contributed by atoms with Gasteiger partial charge in [-0.05, 0) is 73.1 Å². The average molecular weight is 326 g/mol. The van der Waals surface area contributed by atoms with Crippen molar-refractivity contribution in [2.75, 3.05) is 6.61 Å². The van der Waals surface area contributed by atoms with E-state index in [1.165, 1.54) is 24.8 Å². The lowest BCUT2D eigenvalue weighted by Gasteiger charge is -2.50. The third-order valence-electron chi connectivity index (χ3n) is 6.94. The van der Waals surface area contributed by atoms with E-state index in [2.05, 4.69) is 38.1 Å². The van der Waals surface area contributed by atoms with Gasteiger partial charge in [-0.15, -0.1) is 0 Å². The number of ether oxygens (including phenoxy) is 1. The van der Waals surface area contributed by atoms with Gasteiger partial charge in [-0.2, -0.15) is 0 Å². The quantitative estimate of drug-likeness (QED) is 0.632. The number of rotatable bonds is 4. The Morgan fingerprint density at radius 2 is 2.12 bits per heavy atom. The van der Waals surface area contributed by atoms with Crippen molar-refractivity contribution < 1.29 is 9.84 Å². The zero-order valence-corrected chi connectivity index (χ0v) is 15.0. The van der Waals surface area contributed by atoms with Crippen molar-refractivity contribution in [1.29, 1.82) is 0 Å². The maximum atomic E-state index is 10.4. The van der Waals surface area contributed by atoms with Crippen LogP contribution in [0.4, 0.5) is 0 Å². The molecule has 2 heteroatoms. The molecule has 130 valence electrons. The van der Waals surface area contributed by atoms with Crippen LogP contribution < -0.4 is 4.74 Å². The van der Waals surface area contributed by atoms with E-state index in [1.54, 1.807) is 5.56 Å². The van der Waals surface area contributed by atoms with Crippen LogP contribution in [0.25, 0.3) is 0 Å². The van der Waals surface area contributed by atoms with Crippen LogP contribution >= 0.6 is 0 Å². The van der Waals surface area contributed by atoms with Crippen LogP contribution in [0.5, 0.6) is 5.75 Å². The van der Waals surface area contributed by atoms with Gasteiger partial charge in [0, 0.05) is 5.41 Å². The van der Waals surface area contributed by atoms with Gasteiger partial charge in [0.05, 0.1) is 12.7 Å². The third kappa shape index (κ3) is 2.50. The van der Waals surface area contributed by atoms with Gasteiger partial charge >= 0.3 is 0 Å². The number of unbranched alkanes of at least 4 members (excludes halogenated alkanes) is 1. The first-order valence-electron chi connectivity index (χ1n) is 9.75. The molecular formula is C22H30O2. The normalized spacial score (nSPS) is 36.8. The molecule has 24 heavy (non-hydrogen) atoms. The van der Waals surface area contributed by atoms with Crippen LogP contribution in [0.1, 0.15) is 63.0 Å². The smallest absolute Gasteiger partial charge is 0.119 e.